The first kappa shape index (κ1) is 17.5. The third kappa shape index (κ3) is 3.13. The molecule has 0 saturated carbocycles. The number of nitrogens with zero attached hydrogens (tertiary/aromatic N) is 3. The molecule has 1 amide bonds. The minimum atomic E-state index is -1.52. The summed E-state index contributed by atoms with van der Waals surface area (Å²) in [4.78, 5) is 15.7. The summed E-state index contributed by atoms with van der Waals surface area (Å²) in [5.41, 5.74) is 6.28. The lowest BCUT2D eigenvalue weighted by Gasteiger charge is -2.10. The normalized spacial score (nSPS) is 12.9. The van der Waals surface area contributed by atoms with E-state index in [0.717, 1.165) is 5.52 Å². The average Bonchev–Trinajstić information content (AvgIpc) is 3.35. The highest BCUT2D eigenvalue weighted by Gasteiger charge is 2.25. The minimum Gasteiger partial charge on any atom is -0.445 e. The molecule has 7 heteroatoms. The van der Waals surface area contributed by atoms with E-state index in [-0.39, 0.29) is 11.6 Å². The molecule has 0 spiro atoms. The van der Waals surface area contributed by atoms with Crippen LogP contribution in [0.15, 0.2) is 65.4 Å². The van der Waals surface area contributed by atoms with Gasteiger partial charge >= 0.3 is 0 Å². The summed E-state index contributed by atoms with van der Waals surface area (Å²) < 4.78 is 6.78. The Morgan fingerprint density at radius 2 is 2.07 bits per heavy atom. The van der Waals surface area contributed by atoms with Gasteiger partial charge in [-0.2, -0.15) is 5.10 Å². The van der Waals surface area contributed by atoms with Crippen LogP contribution in [-0.4, -0.2) is 25.8 Å². The van der Waals surface area contributed by atoms with Crippen molar-refractivity contribution in [3.63, 3.8) is 0 Å². The summed E-state index contributed by atoms with van der Waals surface area (Å²) in [6, 6.07) is 14.6. The third-order valence-electron chi connectivity index (χ3n) is 4.21. The second-order valence-corrected chi connectivity index (χ2v) is 6.35. The first-order valence-corrected chi connectivity index (χ1v) is 8.49. The summed E-state index contributed by atoms with van der Waals surface area (Å²) in [5.74, 6) is 5.23. The number of fused-ring (bicyclic) bond motifs is 1. The second kappa shape index (κ2) is 6.68. The standard InChI is InChI=1S/C21H16N4O3/c1-21(27,20-23-11-12-28-20)10-9-14-5-4-6-15(13-14)25-17-8-3-2-7-16(17)18(24-25)19(22)26/h2-8,11-13,27H,1H3,(H2,22,26)/t21-/m1/s1. The molecule has 0 fully saturated rings. The fourth-order valence-electron chi connectivity index (χ4n) is 2.87. The van der Waals surface area contributed by atoms with Crippen LogP contribution in [0.1, 0.15) is 28.9 Å². The van der Waals surface area contributed by atoms with Crippen LogP contribution in [0, 0.1) is 11.8 Å². The van der Waals surface area contributed by atoms with Crippen LogP contribution in [0.2, 0.25) is 0 Å². The van der Waals surface area contributed by atoms with E-state index in [1.807, 2.05) is 42.5 Å². The van der Waals surface area contributed by atoms with Gasteiger partial charge < -0.3 is 15.3 Å². The quantitative estimate of drug-likeness (QED) is 0.537. The zero-order valence-corrected chi connectivity index (χ0v) is 15.0. The van der Waals surface area contributed by atoms with Crippen LogP contribution in [0.3, 0.4) is 0 Å². The number of carbonyl (C=O) groups is 1. The summed E-state index contributed by atoms with van der Waals surface area (Å²) in [6.07, 6.45) is 2.83. The maximum Gasteiger partial charge on any atom is 0.269 e. The Morgan fingerprint density at radius 3 is 2.82 bits per heavy atom. The van der Waals surface area contributed by atoms with Gasteiger partial charge in [0.2, 0.25) is 5.89 Å². The molecule has 0 saturated heterocycles. The van der Waals surface area contributed by atoms with Crippen LogP contribution >= 0.6 is 0 Å². The topological polar surface area (TPSA) is 107 Å². The van der Waals surface area contributed by atoms with E-state index in [0.29, 0.717) is 16.6 Å². The van der Waals surface area contributed by atoms with E-state index < -0.39 is 11.5 Å². The van der Waals surface area contributed by atoms with Gasteiger partial charge in [0.25, 0.3) is 5.91 Å². The maximum absolute atomic E-state index is 11.7. The van der Waals surface area contributed by atoms with E-state index in [4.69, 9.17) is 10.2 Å². The zero-order valence-electron chi connectivity index (χ0n) is 15.0. The van der Waals surface area contributed by atoms with Gasteiger partial charge in [-0.15, -0.1) is 0 Å². The molecule has 138 valence electrons. The van der Waals surface area contributed by atoms with Crippen molar-refractivity contribution >= 4 is 16.8 Å². The minimum absolute atomic E-state index is 0.125. The van der Waals surface area contributed by atoms with Gasteiger partial charge in [-0.3, -0.25) is 4.79 Å². The van der Waals surface area contributed by atoms with Crippen molar-refractivity contribution < 1.29 is 14.3 Å². The summed E-state index contributed by atoms with van der Waals surface area (Å²) in [7, 11) is 0. The number of aromatic nitrogens is 3. The largest absolute Gasteiger partial charge is 0.445 e. The van der Waals surface area contributed by atoms with Crippen molar-refractivity contribution in [2.24, 2.45) is 5.73 Å². The summed E-state index contributed by atoms with van der Waals surface area (Å²) in [6.45, 7) is 1.51. The molecule has 1 atom stereocenters. The van der Waals surface area contributed by atoms with Crippen molar-refractivity contribution in [2.45, 2.75) is 12.5 Å². The Bertz CT molecular complexity index is 1230. The molecule has 4 aromatic rings. The van der Waals surface area contributed by atoms with Crippen molar-refractivity contribution in [3.8, 4) is 17.5 Å². The monoisotopic (exact) mass is 372 g/mol. The van der Waals surface area contributed by atoms with Crippen LogP contribution in [0.25, 0.3) is 16.6 Å². The molecule has 2 aromatic carbocycles. The molecule has 3 N–H and O–H groups in total. The molecule has 0 unspecified atom stereocenters. The summed E-state index contributed by atoms with van der Waals surface area (Å²) in [5, 5.41) is 15.5. The molecule has 0 bridgehead atoms. The van der Waals surface area contributed by atoms with Gasteiger partial charge in [-0.1, -0.05) is 36.1 Å². The third-order valence-corrected chi connectivity index (χ3v) is 4.21. The number of primary amides is 1. The lowest BCUT2D eigenvalue weighted by molar-refractivity contribution is 0.0892. The zero-order chi connectivity index (χ0) is 19.7. The van der Waals surface area contributed by atoms with Crippen LogP contribution in [0.4, 0.5) is 0 Å². The molecule has 28 heavy (non-hydrogen) atoms. The lowest BCUT2D eigenvalue weighted by atomic mass is 10.1. The van der Waals surface area contributed by atoms with Gasteiger partial charge in [0, 0.05) is 10.9 Å². The smallest absolute Gasteiger partial charge is 0.269 e. The van der Waals surface area contributed by atoms with Crippen LogP contribution < -0.4 is 5.73 Å². The predicted octanol–water partition coefficient (Wildman–Crippen LogP) is 2.37. The van der Waals surface area contributed by atoms with Gasteiger partial charge in [0.15, 0.2) is 11.3 Å². The van der Waals surface area contributed by atoms with E-state index in [1.165, 1.54) is 19.4 Å². The van der Waals surface area contributed by atoms with E-state index >= 15 is 0 Å². The van der Waals surface area contributed by atoms with Crippen molar-refractivity contribution in [2.75, 3.05) is 0 Å². The Labute approximate surface area is 160 Å². The molecule has 0 aliphatic heterocycles. The number of oxazole rings is 1. The Hall–Kier alpha value is -3.89. The van der Waals surface area contributed by atoms with Crippen molar-refractivity contribution in [1.82, 2.24) is 14.8 Å². The van der Waals surface area contributed by atoms with Crippen molar-refractivity contribution in [1.29, 1.82) is 0 Å². The second-order valence-electron chi connectivity index (χ2n) is 6.35. The Kier molecular flexibility index (Phi) is 4.18. The molecule has 0 aliphatic carbocycles. The average molecular weight is 372 g/mol. The summed E-state index contributed by atoms with van der Waals surface area (Å²) >= 11 is 0. The molecule has 0 aliphatic rings. The molecule has 2 aromatic heterocycles. The Morgan fingerprint density at radius 1 is 1.25 bits per heavy atom. The fraction of sp³-hybridized carbons (Fsp3) is 0.0952. The SMILES string of the molecule is C[C@@](O)(C#Cc1cccc(-n2nc(C(N)=O)c3ccccc32)c1)c1ncco1. The maximum atomic E-state index is 11.7. The fourth-order valence-corrected chi connectivity index (χ4v) is 2.87. The van der Waals surface area contributed by atoms with E-state index in [9.17, 15) is 9.90 Å². The number of para-hydroxylation sites is 1. The first-order chi connectivity index (χ1) is 13.5. The molecule has 4 rings (SSSR count). The first-order valence-electron chi connectivity index (χ1n) is 8.49. The number of hydrogen-bond donors (Lipinski definition) is 2. The highest BCUT2D eigenvalue weighted by atomic mass is 16.4. The number of benzene rings is 2. The number of rotatable bonds is 3. The highest BCUT2D eigenvalue weighted by molar-refractivity contribution is 6.04. The molecular formula is C21H16N4O3. The number of hydrogen-bond acceptors (Lipinski definition) is 5. The van der Waals surface area contributed by atoms with Gasteiger partial charge in [-0.25, -0.2) is 9.67 Å². The van der Waals surface area contributed by atoms with E-state index in [2.05, 4.69) is 21.9 Å². The van der Waals surface area contributed by atoms with E-state index in [1.54, 1.807) is 10.7 Å². The lowest BCUT2D eigenvalue weighted by Crippen LogP contribution is -2.18. The molecule has 2 heterocycles. The molecule has 0 radical (unpaired) electrons. The van der Waals surface area contributed by atoms with Crippen LogP contribution in [0.5, 0.6) is 0 Å². The predicted molar refractivity (Wildman–Crippen MR) is 103 cm³/mol. The van der Waals surface area contributed by atoms with Crippen LogP contribution in [-0.2, 0) is 5.60 Å². The van der Waals surface area contributed by atoms with Crippen molar-refractivity contribution in [3.05, 3.63) is 78.1 Å². The Balaban J connectivity index is 1.76. The molecule has 7 nitrogen and oxygen atoms in total. The highest BCUT2D eigenvalue weighted by Crippen LogP contribution is 2.23. The van der Waals surface area contributed by atoms with Gasteiger partial charge in [-0.05, 0) is 31.2 Å². The van der Waals surface area contributed by atoms with Gasteiger partial charge in [0.05, 0.1) is 17.4 Å². The number of carbonyl (C=O) groups excluding carboxylic acids is 1. The number of amides is 1. The number of nitrogens with two attached hydrogens (primary N) is 1. The number of aliphatic hydroxyl groups is 1. The molecular weight excluding hydrogens is 356 g/mol. The van der Waals surface area contributed by atoms with Gasteiger partial charge in [0.1, 0.15) is 6.26 Å².